The summed E-state index contributed by atoms with van der Waals surface area (Å²) in [4.78, 5) is 45.6. The molecule has 0 aliphatic rings. The Bertz CT molecular complexity index is 2880. The highest BCUT2D eigenvalue weighted by atomic mass is 33.1. The molecule has 4 heterocycles. The van der Waals surface area contributed by atoms with Crippen LogP contribution in [0.1, 0.15) is 0 Å². The van der Waals surface area contributed by atoms with E-state index in [2.05, 4.69) is 19.4 Å². The van der Waals surface area contributed by atoms with E-state index in [1.807, 2.05) is 0 Å². The lowest BCUT2D eigenvalue weighted by Crippen LogP contribution is -2.22. The van der Waals surface area contributed by atoms with Crippen molar-refractivity contribution < 1.29 is 16.8 Å². The molecule has 4 aromatic heterocycles. The summed E-state index contributed by atoms with van der Waals surface area (Å²) < 4.78 is 60.1. The molecule has 0 aliphatic carbocycles. The molecular formula is C38H26N8O6S4. The Morgan fingerprint density at radius 3 is 1.21 bits per heavy atom. The first kappa shape index (κ1) is 36.6. The molecule has 56 heavy (non-hydrogen) atoms. The van der Waals surface area contributed by atoms with Crippen molar-refractivity contribution >= 4 is 75.1 Å². The Labute approximate surface area is 326 Å². The smallest absolute Gasteiger partial charge is 0.266 e. The fourth-order valence-corrected chi connectivity index (χ4v) is 9.74. The van der Waals surface area contributed by atoms with E-state index in [4.69, 9.17) is 9.97 Å². The molecule has 278 valence electrons. The van der Waals surface area contributed by atoms with E-state index < -0.39 is 31.2 Å². The minimum atomic E-state index is -4.00. The van der Waals surface area contributed by atoms with E-state index in [0.717, 1.165) is 21.6 Å². The molecule has 0 amide bonds. The molecule has 0 radical (unpaired) electrons. The molecule has 0 fully saturated rings. The number of nitrogens with zero attached hydrogens (tertiary/aromatic N) is 6. The van der Waals surface area contributed by atoms with Gasteiger partial charge in [0, 0.05) is 12.4 Å². The van der Waals surface area contributed by atoms with Gasteiger partial charge < -0.3 is 0 Å². The van der Waals surface area contributed by atoms with E-state index in [0.29, 0.717) is 33.2 Å². The summed E-state index contributed by atoms with van der Waals surface area (Å²) >= 11 is 0. The molecular weight excluding hydrogens is 793 g/mol. The van der Waals surface area contributed by atoms with Crippen molar-refractivity contribution in [2.45, 2.75) is 20.1 Å². The molecule has 18 heteroatoms. The minimum Gasteiger partial charge on any atom is -0.268 e. The second-order valence-electron chi connectivity index (χ2n) is 11.9. The molecule has 0 unspecified atom stereocenters. The largest absolute Gasteiger partial charge is 0.268 e. The van der Waals surface area contributed by atoms with Gasteiger partial charge in [0.25, 0.3) is 31.2 Å². The lowest BCUT2D eigenvalue weighted by molar-refractivity contribution is 0.599. The number of hydrogen-bond donors (Lipinski definition) is 2. The Morgan fingerprint density at radius 1 is 0.464 bits per heavy atom. The highest BCUT2D eigenvalue weighted by molar-refractivity contribution is 8.76. The highest BCUT2D eigenvalue weighted by Crippen LogP contribution is 2.37. The maximum absolute atomic E-state index is 14.1. The third-order valence-corrected chi connectivity index (χ3v) is 13.1. The van der Waals surface area contributed by atoms with E-state index >= 15 is 0 Å². The van der Waals surface area contributed by atoms with Gasteiger partial charge in [-0.1, -0.05) is 36.4 Å². The second kappa shape index (κ2) is 15.1. The molecule has 0 aliphatic heterocycles. The number of para-hydroxylation sites is 2. The van der Waals surface area contributed by atoms with Crippen LogP contribution in [0.25, 0.3) is 33.2 Å². The van der Waals surface area contributed by atoms with Gasteiger partial charge in [-0.25, -0.2) is 36.8 Å². The zero-order valence-corrected chi connectivity index (χ0v) is 31.9. The number of sulfonamides is 2. The van der Waals surface area contributed by atoms with Crippen molar-refractivity contribution in [2.75, 3.05) is 9.44 Å². The van der Waals surface area contributed by atoms with Gasteiger partial charge >= 0.3 is 0 Å². The molecule has 8 rings (SSSR count). The predicted molar refractivity (Wildman–Crippen MR) is 216 cm³/mol. The molecule has 8 aromatic rings. The number of nitrogens with one attached hydrogen (secondary N) is 2. The number of pyridine rings is 2. The van der Waals surface area contributed by atoms with E-state index in [1.54, 1.807) is 72.8 Å². The van der Waals surface area contributed by atoms with E-state index in [1.165, 1.54) is 82.2 Å². The van der Waals surface area contributed by atoms with Crippen LogP contribution >= 0.6 is 21.6 Å². The molecule has 0 saturated heterocycles. The van der Waals surface area contributed by atoms with Gasteiger partial charge in [-0.2, -0.15) is 0 Å². The van der Waals surface area contributed by atoms with Crippen LogP contribution in [0.3, 0.4) is 0 Å². The average molecular weight is 819 g/mol. The van der Waals surface area contributed by atoms with E-state index in [9.17, 15) is 26.4 Å². The van der Waals surface area contributed by atoms with Crippen LogP contribution in [0, 0.1) is 0 Å². The summed E-state index contributed by atoms with van der Waals surface area (Å²) in [6.45, 7) is 0. The molecule has 0 bridgehead atoms. The summed E-state index contributed by atoms with van der Waals surface area (Å²) in [6.07, 6.45) is 2.94. The summed E-state index contributed by atoms with van der Waals surface area (Å²) in [5.41, 5.74) is 0.731. The lowest BCUT2D eigenvalue weighted by atomic mass is 10.2. The van der Waals surface area contributed by atoms with Gasteiger partial charge in [-0.3, -0.25) is 28.2 Å². The lowest BCUT2D eigenvalue weighted by Gasteiger charge is -2.16. The third-order valence-electron chi connectivity index (χ3n) is 8.30. The molecule has 0 saturated carbocycles. The van der Waals surface area contributed by atoms with Gasteiger partial charge in [0.15, 0.2) is 10.3 Å². The fraction of sp³-hybridized carbons (Fsp3) is 0. The zero-order chi connectivity index (χ0) is 38.9. The van der Waals surface area contributed by atoms with Crippen molar-refractivity contribution in [1.29, 1.82) is 0 Å². The maximum atomic E-state index is 14.1. The second-order valence-corrected chi connectivity index (χ2v) is 17.3. The van der Waals surface area contributed by atoms with Crippen molar-refractivity contribution in [2.24, 2.45) is 0 Å². The molecule has 0 atom stereocenters. The molecule has 2 N–H and O–H groups in total. The van der Waals surface area contributed by atoms with Crippen LogP contribution in [0.5, 0.6) is 0 Å². The zero-order valence-electron chi connectivity index (χ0n) is 28.6. The number of anilines is 2. The third kappa shape index (κ3) is 7.37. The highest BCUT2D eigenvalue weighted by Gasteiger charge is 2.21. The Balaban J connectivity index is 1.17. The number of hydrogen-bond acceptors (Lipinski definition) is 12. The standard InChI is InChI=1S/C38H26N8O6S4/c47-35-29-9-1-3-11-31(29)41-37(45(35)25-15-19-27(20-16-25)55(49,50)43-33-13-5-7-23-39-33)53-54-38-42-32-12-4-2-10-30(32)36(48)46(38)26-17-21-28(22-18-26)56(51,52)44-34-14-6-8-24-40-34/h1-24H,(H,39,43)(H,40,44). The van der Waals surface area contributed by atoms with Gasteiger partial charge in [0.2, 0.25) is 0 Å². The first-order valence-corrected chi connectivity index (χ1v) is 21.7. The summed E-state index contributed by atoms with van der Waals surface area (Å²) in [6, 6.07) is 34.9. The maximum Gasteiger partial charge on any atom is 0.266 e. The number of benzene rings is 4. The average Bonchev–Trinajstić information content (AvgIpc) is 3.21. The van der Waals surface area contributed by atoms with Crippen LogP contribution in [-0.2, 0) is 20.0 Å². The number of rotatable bonds is 11. The Morgan fingerprint density at radius 2 is 0.839 bits per heavy atom. The predicted octanol–water partition coefficient (Wildman–Crippen LogP) is 6.28. The van der Waals surface area contributed by atoms with Gasteiger partial charge in [0.1, 0.15) is 11.6 Å². The van der Waals surface area contributed by atoms with Crippen LogP contribution in [0.15, 0.2) is 176 Å². The van der Waals surface area contributed by atoms with Crippen LogP contribution in [0.2, 0.25) is 0 Å². The van der Waals surface area contributed by atoms with Gasteiger partial charge in [0.05, 0.1) is 43.0 Å². The van der Waals surface area contributed by atoms with Crippen LogP contribution in [0.4, 0.5) is 11.6 Å². The van der Waals surface area contributed by atoms with Crippen molar-refractivity contribution in [3.8, 4) is 11.4 Å². The monoisotopic (exact) mass is 818 g/mol. The summed E-state index contributed by atoms with van der Waals surface area (Å²) in [5, 5.41) is 1.11. The van der Waals surface area contributed by atoms with Crippen molar-refractivity contribution in [3.05, 3.63) is 167 Å². The van der Waals surface area contributed by atoms with Gasteiger partial charge in [-0.15, -0.1) is 0 Å². The molecule has 0 spiro atoms. The van der Waals surface area contributed by atoms with Crippen molar-refractivity contribution in [1.82, 2.24) is 29.1 Å². The number of fused-ring (bicyclic) bond motifs is 2. The quantitative estimate of drug-likeness (QED) is 0.110. The first-order chi connectivity index (χ1) is 27.1. The Kier molecular flexibility index (Phi) is 9.85. The van der Waals surface area contributed by atoms with Gasteiger partial charge in [-0.05, 0) is 119 Å². The molecule has 14 nitrogen and oxygen atoms in total. The fourth-order valence-electron chi connectivity index (χ4n) is 5.65. The topological polar surface area (TPSA) is 188 Å². The first-order valence-electron chi connectivity index (χ1n) is 16.5. The normalized spacial score (nSPS) is 11.8. The Hall–Kier alpha value is -6.34. The molecule has 4 aromatic carbocycles. The SMILES string of the molecule is O=c1c2ccccc2nc(SSc2nc3ccccc3c(=O)n2-c2ccc(S(=O)(=O)Nc3ccccn3)cc2)n1-c1ccc(S(=O)(=O)Nc2ccccn2)cc1. The number of aromatic nitrogens is 6. The minimum absolute atomic E-state index is 0.0482. The van der Waals surface area contributed by atoms with Crippen LogP contribution < -0.4 is 20.6 Å². The van der Waals surface area contributed by atoms with Crippen LogP contribution in [-0.4, -0.2) is 45.9 Å². The van der Waals surface area contributed by atoms with E-state index in [-0.39, 0.29) is 31.7 Å². The summed E-state index contributed by atoms with van der Waals surface area (Å²) in [7, 11) is -5.86. The van der Waals surface area contributed by atoms with Crippen molar-refractivity contribution in [3.63, 3.8) is 0 Å². The summed E-state index contributed by atoms with van der Waals surface area (Å²) in [5.74, 6) is 0.309.